The molecule has 0 heterocycles. The maximum atomic E-state index is 13.1. The van der Waals surface area contributed by atoms with Crippen LogP contribution in [0.3, 0.4) is 0 Å². The topological polar surface area (TPSA) is 43.1 Å². The summed E-state index contributed by atoms with van der Waals surface area (Å²) < 4.78 is 25.9. The molecule has 0 aliphatic rings. The number of carbonyl (C=O) groups is 1. The second-order valence-corrected chi connectivity index (χ2v) is 3.24. The fourth-order valence-electron chi connectivity index (χ4n) is 1.18. The molecule has 15 heavy (non-hydrogen) atoms. The van der Waals surface area contributed by atoms with Gasteiger partial charge in [-0.1, -0.05) is 12.1 Å². The van der Waals surface area contributed by atoms with Gasteiger partial charge in [-0.05, 0) is 24.6 Å². The predicted octanol–water partition coefficient (Wildman–Crippen LogP) is 1.94. The first kappa shape index (κ1) is 11.4. The van der Waals surface area contributed by atoms with E-state index < -0.39 is 11.6 Å². The Labute approximate surface area is 86.4 Å². The van der Waals surface area contributed by atoms with Crippen LogP contribution >= 0.6 is 0 Å². The SMILES string of the molecule is C/C(N)=C/C(=O)Cc1cccc(F)c1F. The maximum absolute atomic E-state index is 13.1. The summed E-state index contributed by atoms with van der Waals surface area (Å²) in [5, 5.41) is 0. The van der Waals surface area contributed by atoms with Gasteiger partial charge in [0.15, 0.2) is 17.4 Å². The van der Waals surface area contributed by atoms with Crippen LogP contribution in [0.25, 0.3) is 0 Å². The van der Waals surface area contributed by atoms with Crippen LogP contribution in [-0.2, 0) is 11.2 Å². The van der Waals surface area contributed by atoms with Crippen molar-refractivity contribution in [1.82, 2.24) is 0 Å². The van der Waals surface area contributed by atoms with E-state index in [2.05, 4.69) is 0 Å². The smallest absolute Gasteiger partial charge is 0.162 e. The van der Waals surface area contributed by atoms with Crippen molar-refractivity contribution in [2.45, 2.75) is 13.3 Å². The average Bonchev–Trinajstić information content (AvgIpc) is 2.11. The first-order valence-electron chi connectivity index (χ1n) is 4.40. The van der Waals surface area contributed by atoms with Gasteiger partial charge < -0.3 is 5.73 Å². The van der Waals surface area contributed by atoms with E-state index >= 15 is 0 Å². The molecule has 0 spiro atoms. The third-order valence-corrected chi connectivity index (χ3v) is 1.78. The Balaban J connectivity index is 2.86. The third-order valence-electron chi connectivity index (χ3n) is 1.78. The van der Waals surface area contributed by atoms with Crippen LogP contribution in [0.15, 0.2) is 30.0 Å². The number of nitrogens with two attached hydrogens (primary N) is 1. The normalized spacial score (nSPS) is 11.5. The van der Waals surface area contributed by atoms with Gasteiger partial charge >= 0.3 is 0 Å². The Morgan fingerprint density at radius 2 is 2.13 bits per heavy atom. The van der Waals surface area contributed by atoms with E-state index in [0.29, 0.717) is 5.70 Å². The van der Waals surface area contributed by atoms with E-state index in [-0.39, 0.29) is 17.8 Å². The molecule has 0 aliphatic carbocycles. The fraction of sp³-hybridized carbons (Fsp3) is 0.182. The van der Waals surface area contributed by atoms with E-state index in [9.17, 15) is 13.6 Å². The number of allylic oxidation sites excluding steroid dienone is 2. The Hall–Kier alpha value is -1.71. The molecule has 1 aromatic rings. The second-order valence-electron chi connectivity index (χ2n) is 3.24. The highest BCUT2D eigenvalue weighted by Gasteiger charge is 2.09. The molecule has 0 aromatic heterocycles. The Kier molecular flexibility index (Phi) is 3.55. The van der Waals surface area contributed by atoms with Crippen LogP contribution in [0, 0.1) is 11.6 Å². The maximum Gasteiger partial charge on any atom is 0.162 e. The summed E-state index contributed by atoms with van der Waals surface area (Å²) in [6.07, 6.45) is 1.02. The lowest BCUT2D eigenvalue weighted by Crippen LogP contribution is -2.05. The molecule has 0 aliphatic heterocycles. The lowest BCUT2D eigenvalue weighted by molar-refractivity contribution is -0.114. The molecule has 0 unspecified atom stereocenters. The molecular formula is C11H11F2NO. The van der Waals surface area contributed by atoms with Gasteiger partial charge in [0.2, 0.25) is 0 Å². The van der Waals surface area contributed by atoms with Gasteiger partial charge in [0, 0.05) is 12.1 Å². The van der Waals surface area contributed by atoms with Crippen molar-refractivity contribution in [3.05, 3.63) is 47.2 Å². The van der Waals surface area contributed by atoms with Crippen molar-refractivity contribution < 1.29 is 13.6 Å². The van der Waals surface area contributed by atoms with Crippen LogP contribution in [0.2, 0.25) is 0 Å². The van der Waals surface area contributed by atoms with Crippen molar-refractivity contribution in [3.8, 4) is 0 Å². The predicted molar refractivity (Wildman–Crippen MR) is 53.0 cm³/mol. The molecule has 0 fully saturated rings. The zero-order valence-electron chi connectivity index (χ0n) is 8.26. The van der Waals surface area contributed by atoms with Crippen LogP contribution in [0.5, 0.6) is 0 Å². The van der Waals surface area contributed by atoms with Gasteiger partial charge in [0.05, 0.1) is 0 Å². The first-order valence-corrected chi connectivity index (χ1v) is 4.40. The molecule has 0 bridgehead atoms. The fourth-order valence-corrected chi connectivity index (χ4v) is 1.18. The number of benzene rings is 1. The molecule has 0 radical (unpaired) electrons. The third kappa shape index (κ3) is 3.16. The summed E-state index contributed by atoms with van der Waals surface area (Å²) in [7, 11) is 0. The molecule has 4 heteroatoms. The van der Waals surface area contributed by atoms with E-state index in [4.69, 9.17) is 5.73 Å². The summed E-state index contributed by atoms with van der Waals surface area (Å²) in [4.78, 5) is 11.2. The van der Waals surface area contributed by atoms with Gasteiger partial charge in [0.25, 0.3) is 0 Å². The molecule has 1 rings (SSSR count). The lowest BCUT2D eigenvalue weighted by atomic mass is 10.1. The van der Waals surface area contributed by atoms with Gasteiger partial charge in [-0.3, -0.25) is 4.79 Å². The van der Waals surface area contributed by atoms with Crippen LogP contribution < -0.4 is 5.73 Å². The number of rotatable bonds is 3. The number of halogens is 2. The summed E-state index contributed by atoms with van der Waals surface area (Å²) >= 11 is 0. The Morgan fingerprint density at radius 1 is 1.47 bits per heavy atom. The van der Waals surface area contributed by atoms with Crippen LogP contribution in [0.1, 0.15) is 12.5 Å². The minimum Gasteiger partial charge on any atom is -0.402 e. The molecule has 80 valence electrons. The molecule has 0 atom stereocenters. The van der Waals surface area contributed by atoms with Gasteiger partial charge in [0.1, 0.15) is 0 Å². The quantitative estimate of drug-likeness (QED) is 0.776. The average molecular weight is 211 g/mol. The van der Waals surface area contributed by atoms with Crippen LogP contribution in [0.4, 0.5) is 8.78 Å². The summed E-state index contributed by atoms with van der Waals surface area (Å²) in [6.45, 7) is 1.56. The van der Waals surface area contributed by atoms with Gasteiger partial charge in [-0.2, -0.15) is 0 Å². The second kappa shape index (κ2) is 4.68. The number of hydrogen-bond donors (Lipinski definition) is 1. The summed E-state index contributed by atoms with van der Waals surface area (Å²) in [6, 6.07) is 3.74. The first-order chi connectivity index (χ1) is 7.00. The highest BCUT2D eigenvalue weighted by Crippen LogP contribution is 2.12. The Morgan fingerprint density at radius 3 is 2.73 bits per heavy atom. The number of ketones is 1. The van der Waals surface area contributed by atoms with Crippen molar-refractivity contribution in [2.75, 3.05) is 0 Å². The van der Waals surface area contributed by atoms with E-state index in [0.717, 1.165) is 6.07 Å². The van der Waals surface area contributed by atoms with Gasteiger partial charge in [-0.25, -0.2) is 8.78 Å². The molecule has 0 saturated heterocycles. The van der Waals surface area contributed by atoms with Crippen molar-refractivity contribution in [1.29, 1.82) is 0 Å². The standard InChI is InChI=1S/C11H11F2NO/c1-7(14)5-9(15)6-8-3-2-4-10(12)11(8)13/h2-5H,6,14H2,1H3/b7-5-. The lowest BCUT2D eigenvalue weighted by Gasteiger charge is -2.01. The van der Waals surface area contributed by atoms with Gasteiger partial charge in [-0.15, -0.1) is 0 Å². The highest BCUT2D eigenvalue weighted by atomic mass is 19.2. The molecular weight excluding hydrogens is 200 g/mol. The molecule has 2 nitrogen and oxygen atoms in total. The van der Waals surface area contributed by atoms with E-state index in [1.54, 1.807) is 6.92 Å². The molecule has 2 N–H and O–H groups in total. The largest absolute Gasteiger partial charge is 0.402 e. The van der Waals surface area contributed by atoms with Crippen molar-refractivity contribution in [3.63, 3.8) is 0 Å². The van der Waals surface area contributed by atoms with Crippen LogP contribution in [-0.4, -0.2) is 5.78 Å². The minimum atomic E-state index is -0.978. The molecule has 0 amide bonds. The minimum absolute atomic E-state index is 0.0394. The highest BCUT2D eigenvalue weighted by molar-refractivity contribution is 5.91. The zero-order valence-corrected chi connectivity index (χ0v) is 8.26. The Bertz CT molecular complexity index is 409. The molecule has 1 aromatic carbocycles. The van der Waals surface area contributed by atoms with E-state index in [1.165, 1.54) is 18.2 Å². The van der Waals surface area contributed by atoms with E-state index in [1.807, 2.05) is 0 Å². The van der Waals surface area contributed by atoms with Crippen molar-refractivity contribution in [2.24, 2.45) is 5.73 Å². The zero-order chi connectivity index (χ0) is 11.4. The monoisotopic (exact) mass is 211 g/mol. The number of hydrogen-bond acceptors (Lipinski definition) is 2. The van der Waals surface area contributed by atoms with Crippen molar-refractivity contribution >= 4 is 5.78 Å². The molecule has 0 saturated carbocycles. The number of carbonyl (C=O) groups excluding carboxylic acids is 1. The summed E-state index contributed by atoms with van der Waals surface area (Å²) in [5.74, 6) is -2.28. The summed E-state index contributed by atoms with van der Waals surface area (Å²) in [5.41, 5.74) is 5.67.